The summed E-state index contributed by atoms with van der Waals surface area (Å²) >= 11 is 1.84. The number of rotatable bonds is 6. The number of thiophene rings is 1. The van der Waals surface area contributed by atoms with E-state index in [1.54, 1.807) is 0 Å². The van der Waals surface area contributed by atoms with Crippen LogP contribution < -0.4 is 5.32 Å². The van der Waals surface area contributed by atoms with Crippen LogP contribution in [-0.2, 0) is 6.54 Å². The third kappa shape index (κ3) is 3.40. The van der Waals surface area contributed by atoms with Gasteiger partial charge >= 0.3 is 0 Å². The van der Waals surface area contributed by atoms with Crippen molar-refractivity contribution in [1.82, 2.24) is 10.2 Å². The van der Waals surface area contributed by atoms with Gasteiger partial charge in [-0.05, 0) is 32.0 Å². The van der Waals surface area contributed by atoms with Crippen molar-refractivity contribution in [3.05, 3.63) is 22.4 Å². The number of nitrogens with zero attached hydrogens (tertiary/aromatic N) is 1. The molecule has 1 aromatic rings. The number of likely N-dealkylation sites (N-methyl/N-ethyl adjacent to an activating group) is 2. The highest BCUT2D eigenvalue weighted by molar-refractivity contribution is 7.09. The summed E-state index contributed by atoms with van der Waals surface area (Å²) in [7, 11) is 2.01. The van der Waals surface area contributed by atoms with E-state index in [-0.39, 0.29) is 0 Å². The molecule has 0 amide bonds. The Labute approximate surface area is 90.9 Å². The summed E-state index contributed by atoms with van der Waals surface area (Å²) in [6.07, 6.45) is 0. The van der Waals surface area contributed by atoms with Crippen LogP contribution in [0.4, 0.5) is 0 Å². The summed E-state index contributed by atoms with van der Waals surface area (Å²) in [6.45, 7) is 7.74. The molecule has 0 saturated heterocycles. The molecule has 0 saturated carbocycles. The van der Waals surface area contributed by atoms with E-state index in [9.17, 15) is 0 Å². The Kier molecular flexibility index (Phi) is 5.15. The van der Waals surface area contributed by atoms with E-state index in [1.165, 1.54) is 4.88 Å². The molecule has 1 N–H and O–H groups in total. The van der Waals surface area contributed by atoms with Crippen molar-refractivity contribution < 1.29 is 0 Å². The SMILES string of the molecule is CCN(Cc1cccs1)C(C)CNC. The van der Waals surface area contributed by atoms with Crippen LogP contribution in [-0.4, -0.2) is 31.1 Å². The molecule has 2 nitrogen and oxygen atoms in total. The minimum absolute atomic E-state index is 0.604. The average molecular weight is 212 g/mol. The summed E-state index contributed by atoms with van der Waals surface area (Å²) in [5.41, 5.74) is 0. The Hall–Kier alpha value is -0.380. The van der Waals surface area contributed by atoms with Gasteiger partial charge in [0.25, 0.3) is 0 Å². The highest BCUT2D eigenvalue weighted by Crippen LogP contribution is 2.13. The van der Waals surface area contributed by atoms with Crippen LogP contribution in [0.3, 0.4) is 0 Å². The van der Waals surface area contributed by atoms with Crippen molar-refractivity contribution in [3.8, 4) is 0 Å². The highest BCUT2D eigenvalue weighted by atomic mass is 32.1. The van der Waals surface area contributed by atoms with Gasteiger partial charge in [-0.3, -0.25) is 4.90 Å². The molecule has 0 radical (unpaired) electrons. The Balaban J connectivity index is 2.46. The first-order chi connectivity index (χ1) is 6.77. The van der Waals surface area contributed by atoms with Crippen LogP contribution in [0.5, 0.6) is 0 Å². The van der Waals surface area contributed by atoms with Gasteiger partial charge in [0.2, 0.25) is 0 Å². The molecular formula is C11H20N2S. The van der Waals surface area contributed by atoms with Crippen LogP contribution in [0.15, 0.2) is 17.5 Å². The lowest BCUT2D eigenvalue weighted by atomic mass is 10.2. The maximum absolute atomic E-state index is 3.22. The fraction of sp³-hybridized carbons (Fsp3) is 0.636. The first-order valence-electron chi connectivity index (χ1n) is 5.19. The lowest BCUT2D eigenvalue weighted by molar-refractivity contribution is 0.210. The van der Waals surface area contributed by atoms with Crippen molar-refractivity contribution in [3.63, 3.8) is 0 Å². The fourth-order valence-electron chi connectivity index (χ4n) is 1.61. The van der Waals surface area contributed by atoms with E-state index in [2.05, 4.69) is 41.6 Å². The van der Waals surface area contributed by atoms with Crippen molar-refractivity contribution >= 4 is 11.3 Å². The summed E-state index contributed by atoms with van der Waals surface area (Å²) in [6, 6.07) is 4.93. The minimum Gasteiger partial charge on any atom is -0.318 e. The molecule has 1 unspecified atom stereocenters. The van der Waals surface area contributed by atoms with E-state index in [0.29, 0.717) is 6.04 Å². The predicted molar refractivity (Wildman–Crippen MR) is 63.8 cm³/mol. The largest absolute Gasteiger partial charge is 0.318 e. The van der Waals surface area contributed by atoms with Gasteiger partial charge in [-0.2, -0.15) is 0 Å². The number of hydrogen-bond acceptors (Lipinski definition) is 3. The molecule has 80 valence electrons. The van der Waals surface area contributed by atoms with Crippen LogP contribution in [0.1, 0.15) is 18.7 Å². The van der Waals surface area contributed by atoms with Gasteiger partial charge in [-0.25, -0.2) is 0 Å². The zero-order chi connectivity index (χ0) is 10.4. The Bertz CT molecular complexity index is 233. The molecule has 0 spiro atoms. The van der Waals surface area contributed by atoms with Crippen molar-refractivity contribution in [2.24, 2.45) is 0 Å². The minimum atomic E-state index is 0.604. The molecule has 1 aromatic heterocycles. The summed E-state index contributed by atoms with van der Waals surface area (Å²) < 4.78 is 0. The molecule has 0 aliphatic carbocycles. The van der Waals surface area contributed by atoms with Gasteiger partial charge in [-0.15, -0.1) is 11.3 Å². The second-order valence-corrected chi connectivity index (χ2v) is 4.58. The van der Waals surface area contributed by atoms with Gasteiger partial charge in [0.15, 0.2) is 0 Å². The molecule has 1 rings (SSSR count). The highest BCUT2D eigenvalue weighted by Gasteiger charge is 2.11. The first kappa shape index (κ1) is 11.7. The molecule has 14 heavy (non-hydrogen) atoms. The summed E-state index contributed by atoms with van der Waals surface area (Å²) in [5.74, 6) is 0. The van der Waals surface area contributed by atoms with Gasteiger partial charge in [0.05, 0.1) is 0 Å². The maximum atomic E-state index is 3.22. The average Bonchev–Trinajstić information content (AvgIpc) is 2.66. The molecule has 1 atom stereocenters. The van der Waals surface area contributed by atoms with Gasteiger partial charge in [0.1, 0.15) is 0 Å². The molecule has 1 heterocycles. The summed E-state index contributed by atoms with van der Waals surface area (Å²) in [4.78, 5) is 3.94. The molecule has 0 aromatic carbocycles. The monoisotopic (exact) mass is 212 g/mol. The summed E-state index contributed by atoms with van der Waals surface area (Å²) in [5, 5.41) is 5.37. The van der Waals surface area contributed by atoms with Gasteiger partial charge in [-0.1, -0.05) is 13.0 Å². The molecule has 0 fully saturated rings. The molecule has 0 bridgehead atoms. The van der Waals surface area contributed by atoms with Crippen LogP contribution in [0, 0.1) is 0 Å². The Morgan fingerprint density at radius 1 is 1.57 bits per heavy atom. The Morgan fingerprint density at radius 2 is 2.36 bits per heavy atom. The van der Waals surface area contributed by atoms with E-state index in [1.807, 2.05) is 18.4 Å². The zero-order valence-corrected chi connectivity index (χ0v) is 10.1. The van der Waals surface area contributed by atoms with Crippen LogP contribution >= 0.6 is 11.3 Å². The standard InChI is InChI=1S/C11H20N2S/c1-4-13(10(2)8-12-3)9-11-6-5-7-14-11/h5-7,10,12H,4,8-9H2,1-3H3. The van der Waals surface area contributed by atoms with E-state index in [4.69, 9.17) is 0 Å². The number of nitrogens with one attached hydrogen (secondary N) is 1. The molecule has 0 aliphatic heterocycles. The Morgan fingerprint density at radius 3 is 2.86 bits per heavy atom. The van der Waals surface area contributed by atoms with Crippen molar-refractivity contribution in [2.75, 3.05) is 20.1 Å². The van der Waals surface area contributed by atoms with Crippen LogP contribution in [0.2, 0.25) is 0 Å². The van der Waals surface area contributed by atoms with Gasteiger partial charge in [0, 0.05) is 24.0 Å². The topological polar surface area (TPSA) is 15.3 Å². The fourth-order valence-corrected chi connectivity index (χ4v) is 2.34. The molecule has 3 heteroatoms. The smallest absolute Gasteiger partial charge is 0.0331 e. The second kappa shape index (κ2) is 6.17. The normalized spacial score (nSPS) is 13.4. The third-order valence-electron chi connectivity index (χ3n) is 2.47. The molecule has 0 aliphatic rings. The van der Waals surface area contributed by atoms with Gasteiger partial charge < -0.3 is 5.32 Å². The maximum Gasteiger partial charge on any atom is 0.0331 e. The predicted octanol–water partition coefficient (Wildman–Crippen LogP) is 2.18. The first-order valence-corrected chi connectivity index (χ1v) is 6.07. The van der Waals surface area contributed by atoms with E-state index in [0.717, 1.165) is 19.6 Å². The third-order valence-corrected chi connectivity index (χ3v) is 3.33. The zero-order valence-electron chi connectivity index (χ0n) is 9.29. The van der Waals surface area contributed by atoms with E-state index < -0.39 is 0 Å². The second-order valence-electron chi connectivity index (χ2n) is 3.55. The molecular weight excluding hydrogens is 192 g/mol. The lowest BCUT2D eigenvalue weighted by Crippen LogP contribution is -2.38. The lowest BCUT2D eigenvalue weighted by Gasteiger charge is -2.27. The quantitative estimate of drug-likeness (QED) is 0.777. The van der Waals surface area contributed by atoms with Crippen LogP contribution in [0.25, 0.3) is 0 Å². The van der Waals surface area contributed by atoms with E-state index >= 15 is 0 Å². The van der Waals surface area contributed by atoms with Crippen molar-refractivity contribution in [1.29, 1.82) is 0 Å². The van der Waals surface area contributed by atoms with Crippen molar-refractivity contribution in [2.45, 2.75) is 26.4 Å². The number of hydrogen-bond donors (Lipinski definition) is 1.